The van der Waals surface area contributed by atoms with Crippen LogP contribution in [0.2, 0.25) is 0 Å². The smallest absolute Gasteiger partial charge is 0.338 e. The van der Waals surface area contributed by atoms with Crippen molar-refractivity contribution in [2.75, 3.05) is 0 Å². The quantitative estimate of drug-likeness (QED) is 0.436. The van der Waals surface area contributed by atoms with Crippen LogP contribution in [0.1, 0.15) is 11.3 Å². The molecule has 4 rings (SSSR count). The van der Waals surface area contributed by atoms with Gasteiger partial charge in [-0.05, 0) is 41.1 Å². The third kappa shape index (κ3) is 3.44. The molecule has 0 saturated heterocycles. The van der Waals surface area contributed by atoms with E-state index in [4.69, 9.17) is 0 Å². The number of imidazole rings is 1. The molecule has 4 nitrogen and oxygen atoms in total. The van der Waals surface area contributed by atoms with Crippen molar-refractivity contribution < 1.29 is 13.2 Å². The Balaban J connectivity index is 1.73. The van der Waals surface area contributed by atoms with Crippen molar-refractivity contribution in [2.45, 2.75) is 13.1 Å². The average Bonchev–Trinajstić information content (AvgIpc) is 3.06. The summed E-state index contributed by atoms with van der Waals surface area (Å²) in [4.78, 5) is 16.0. The molecule has 27 heavy (non-hydrogen) atoms. The number of halogens is 4. The van der Waals surface area contributed by atoms with Gasteiger partial charge in [-0.15, -0.1) is 0 Å². The Morgan fingerprint density at radius 1 is 0.963 bits per heavy atom. The van der Waals surface area contributed by atoms with Gasteiger partial charge in [-0.25, -0.2) is 15.0 Å². The van der Waals surface area contributed by atoms with Gasteiger partial charge >= 0.3 is 6.18 Å². The minimum atomic E-state index is -4.42. The number of hydrogen-bond acceptors (Lipinski definition) is 3. The van der Waals surface area contributed by atoms with Crippen molar-refractivity contribution in [1.82, 2.24) is 19.9 Å². The van der Waals surface area contributed by atoms with E-state index in [1.165, 1.54) is 0 Å². The van der Waals surface area contributed by atoms with Gasteiger partial charge in [0.1, 0.15) is 11.3 Å². The Hall–Kier alpha value is -2.74. The van der Waals surface area contributed by atoms with Gasteiger partial charge in [-0.1, -0.05) is 24.3 Å². The maximum atomic E-state index is 13.0. The summed E-state index contributed by atoms with van der Waals surface area (Å²) in [6, 6.07) is 11.3. The summed E-state index contributed by atoms with van der Waals surface area (Å²) >= 11 is 3.18. The first kappa shape index (κ1) is 17.7. The number of hydrogen-bond donors (Lipinski definition) is 1. The Morgan fingerprint density at radius 3 is 2.33 bits per heavy atom. The normalized spacial score (nSPS) is 11.9. The van der Waals surface area contributed by atoms with Gasteiger partial charge in [0.05, 0.1) is 11.1 Å². The van der Waals surface area contributed by atoms with Crippen LogP contribution in [-0.2, 0) is 6.18 Å². The summed E-state index contributed by atoms with van der Waals surface area (Å²) in [5, 5.41) is 0. The fraction of sp³-hybridized carbons (Fsp3) is 0.105. The third-order valence-electron chi connectivity index (χ3n) is 4.08. The van der Waals surface area contributed by atoms with Crippen LogP contribution in [0.25, 0.3) is 33.8 Å². The number of benzene rings is 2. The van der Waals surface area contributed by atoms with Gasteiger partial charge in [-0.3, -0.25) is 0 Å². The zero-order valence-electron chi connectivity index (χ0n) is 14.0. The molecule has 0 unspecified atom stereocenters. The fourth-order valence-corrected chi connectivity index (χ4v) is 3.29. The molecule has 0 fully saturated rings. The lowest BCUT2D eigenvalue weighted by atomic mass is 10.1. The standard InChI is InChI=1S/C19H12BrF3N4/c1-10-6-7-24-17(25-10)11-2-4-12(5-3-11)18-26-15-9-13(19(21,22)23)8-14(20)16(15)27-18/h2-9H,1H3,(H,26,27). The van der Waals surface area contributed by atoms with Crippen molar-refractivity contribution in [3.8, 4) is 22.8 Å². The van der Waals surface area contributed by atoms with Gasteiger partial charge in [0, 0.05) is 27.5 Å². The molecule has 0 aliphatic rings. The SMILES string of the molecule is Cc1ccnc(-c2ccc(-c3nc4c(Br)cc(C(F)(F)F)cc4[nH]3)cc2)n1. The molecule has 0 aliphatic carbocycles. The zero-order valence-corrected chi connectivity index (χ0v) is 15.6. The molecule has 0 saturated carbocycles. The van der Waals surface area contributed by atoms with E-state index in [-0.39, 0.29) is 0 Å². The van der Waals surface area contributed by atoms with Crippen LogP contribution in [0.15, 0.2) is 53.1 Å². The number of aromatic nitrogens is 4. The van der Waals surface area contributed by atoms with Gasteiger partial charge in [0.15, 0.2) is 5.82 Å². The monoisotopic (exact) mass is 432 g/mol. The summed E-state index contributed by atoms with van der Waals surface area (Å²) in [7, 11) is 0. The fourth-order valence-electron chi connectivity index (χ4n) is 2.74. The predicted molar refractivity (Wildman–Crippen MR) is 100.0 cm³/mol. The van der Waals surface area contributed by atoms with Crippen LogP contribution in [0.4, 0.5) is 13.2 Å². The minimum Gasteiger partial charge on any atom is -0.338 e. The summed E-state index contributed by atoms with van der Waals surface area (Å²) in [5.74, 6) is 1.10. The molecule has 0 aliphatic heterocycles. The summed E-state index contributed by atoms with van der Waals surface area (Å²) < 4.78 is 39.3. The minimum absolute atomic E-state index is 0.291. The van der Waals surface area contributed by atoms with E-state index in [9.17, 15) is 13.2 Å². The van der Waals surface area contributed by atoms with Crippen molar-refractivity contribution in [1.29, 1.82) is 0 Å². The van der Waals surface area contributed by atoms with Gasteiger partial charge in [0.2, 0.25) is 0 Å². The van der Waals surface area contributed by atoms with E-state index in [0.717, 1.165) is 29.0 Å². The molecule has 0 radical (unpaired) electrons. The molecule has 8 heteroatoms. The maximum Gasteiger partial charge on any atom is 0.416 e. The van der Waals surface area contributed by atoms with Crippen molar-refractivity contribution in [2.24, 2.45) is 0 Å². The number of fused-ring (bicyclic) bond motifs is 1. The highest BCUT2D eigenvalue weighted by Crippen LogP contribution is 2.35. The maximum absolute atomic E-state index is 13.0. The van der Waals surface area contributed by atoms with E-state index >= 15 is 0 Å². The van der Waals surface area contributed by atoms with Crippen molar-refractivity contribution >= 4 is 27.0 Å². The molecular weight excluding hydrogens is 421 g/mol. The topological polar surface area (TPSA) is 54.5 Å². The Kier molecular flexibility index (Phi) is 4.22. The summed E-state index contributed by atoms with van der Waals surface area (Å²) in [6.07, 6.45) is -2.72. The van der Waals surface area contributed by atoms with E-state index in [1.54, 1.807) is 6.20 Å². The molecule has 2 aromatic heterocycles. The highest BCUT2D eigenvalue weighted by Gasteiger charge is 2.31. The molecule has 1 N–H and O–H groups in total. The molecular formula is C19H12BrF3N4. The first-order chi connectivity index (χ1) is 12.8. The molecule has 2 heterocycles. The van der Waals surface area contributed by atoms with Gasteiger partial charge in [-0.2, -0.15) is 13.2 Å². The number of nitrogens with one attached hydrogen (secondary N) is 1. The van der Waals surface area contributed by atoms with Gasteiger partial charge in [0.25, 0.3) is 0 Å². The number of H-pyrrole nitrogens is 1. The Bertz CT molecular complexity index is 1130. The first-order valence-corrected chi connectivity index (χ1v) is 8.77. The van der Waals surface area contributed by atoms with Crippen LogP contribution in [0, 0.1) is 6.92 Å². The second-order valence-electron chi connectivity index (χ2n) is 6.04. The first-order valence-electron chi connectivity index (χ1n) is 7.98. The van der Waals surface area contributed by atoms with Crippen LogP contribution in [0.5, 0.6) is 0 Å². The second-order valence-corrected chi connectivity index (χ2v) is 6.89. The number of alkyl halides is 3. The summed E-state index contributed by atoms with van der Waals surface area (Å²) in [6.45, 7) is 1.89. The number of nitrogens with zero attached hydrogens (tertiary/aromatic N) is 3. The zero-order chi connectivity index (χ0) is 19.2. The number of aromatic amines is 1. The van der Waals surface area contributed by atoms with Crippen LogP contribution in [-0.4, -0.2) is 19.9 Å². The lowest BCUT2D eigenvalue weighted by Gasteiger charge is -2.06. The van der Waals surface area contributed by atoms with E-state index in [1.807, 2.05) is 37.3 Å². The lowest BCUT2D eigenvalue weighted by molar-refractivity contribution is -0.137. The Morgan fingerprint density at radius 2 is 1.67 bits per heavy atom. The lowest BCUT2D eigenvalue weighted by Crippen LogP contribution is -2.04. The van der Waals surface area contributed by atoms with Crippen molar-refractivity contribution in [3.05, 3.63) is 64.4 Å². The molecule has 0 spiro atoms. The molecule has 0 atom stereocenters. The van der Waals surface area contributed by atoms with E-state index in [2.05, 4.69) is 35.9 Å². The largest absolute Gasteiger partial charge is 0.416 e. The Labute approximate surface area is 160 Å². The molecule has 2 aromatic carbocycles. The predicted octanol–water partition coefficient (Wildman–Crippen LogP) is 5.78. The van der Waals surface area contributed by atoms with E-state index < -0.39 is 11.7 Å². The van der Waals surface area contributed by atoms with Crippen LogP contribution < -0.4 is 0 Å². The second kappa shape index (κ2) is 6.45. The number of rotatable bonds is 2. The average molecular weight is 433 g/mol. The highest BCUT2D eigenvalue weighted by atomic mass is 79.9. The van der Waals surface area contributed by atoms with Crippen LogP contribution in [0.3, 0.4) is 0 Å². The molecule has 136 valence electrons. The molecule has 0 bridgehead atoms. The number of aryl methyl sites for hydroxylation is 1. The molecule has 0 amide bonds. The highest BCUT2D eigenvalue weighted by molar-refractivity contribution is 9.10. The van der Waals surface area contributed by atoms with Crippen LogP contribution >= 0.6 is 15.9 Å². The summed E-state index contributed by atoms with van der Waals surface area (Å²) in [5.41, 5.74) is 2.50. The van der Waals surface area contributed by atoms with Crippen molar-refractivity contribution in [3.63, 3.8) is 0 Å². The van der Waals surface area contributed by atoms with E-state index in [0.29, 0.717) is 27.2 Å². The third-order valence-corrected chi connectivity index (χ3v) is 4.68. The molecule has 4 aromatic rings. The van der Waals surface area contributed by atoms with Gasteiger partial charge < -0.3 is 4.98 Å².